The number of hydrogen-bond donors (Lipinski definition) is 1. The van der Waals surface area contributed by atoms with E-state index in [0.29, 0.717) is 18.7 Å². The third kappa shape index (κ3) is 9.07. The second-order valence-corrected chi connectivity index (χ2v) is 14.6. The van der Waals surface area contributed by atoms with Crippen LogP contribution < -0.4 is 9.62 Å². The highest BCUT2D eigenvalue weighted by atomic mass is 79.9. The van der Waals surface area contributed by atoms with Gasteiger partial charge in [-0.15, -0.1) is 0 Å². The maximum absolute atomic E-state index is 14.6. The Hall–Kier alpha value is -3.95. The third-order valence-electron chi connectivity index (χ3n) is 7.75. The van der Waals surface area contributed by atoms with Crippen molar-refractivity contribution in [3.8, 4) is 0 Å². The molecule has 0 saturated heterocycles. The Balaban J connectivity index is 1.82. The molecule has 242 valence electrons. The molecule has 4 aromatic carbocycles. The molecule has 0 aliphatic rings. The van der Waals surface area contributed by atoms with E-state index in [0.717, 1.165) is 26.7 Å². The number of nitrogens with zero attached hydrogens (tertiary/aromatic N) is 2. The molecule has 0 radical (unpaired) electrons. The summed E-state index contributed by atoms with van der Waals surface area (Å²) in [7, 11) is -4.16. The van der Waals surface area contributed by atoms with E-state index < -0.39 is 28.5 Å². The molecule has 2 amide bonds. The number of anilines is 1. The van der Waals surface area contributed by atoms with E-state index in [-0.39, 0.29) is 29.7 Å². The number of carbonyl (C=O) groups excluding carboxylic acids is 2. The Labute approximate surface area is 281 Å². The van der Waals surface area contributed by atoms with Crippen LogP contribution in [-0.4, -0.2) is 44.3 Å². The topological polar surface area (TPSA) is 86.8 Å². The van der Waals surface area contributed by atoms with E-state index >= 15 is 0 Å². The number of sulfonamides is 1. The average molecular weight is 705 g/mol. The zero-order valence-electron chi connectivity index (χ0n) is 26.8. The van der Waals surface area contributed by atoms with Crippen molar-refractivity contribution >= 4 is 43.5 Å². The van der Waals surface area contributed by atoms with Crippen molar-refractivity contribution in [3.63, 3.8) is 0 Å². The number of carbonyl (C=O) groups is 2. The Morgan fingerprint density at radius 2 is 1.46 bits per heavy atom. The molecule has 4 aromatic rings. The lowest BCUT2D eigenvalue weighted by Crippen LogP contribution is -2.53. The van der Waals surface area contributed by atoms with Crippen LogP contribution in [0.4, 0.5) is 5.69 Å². The second kappa shape index (κ2) is 16.1. The first-order valence-electron chi connectivity index (χ1n) is 15.5. The SMILES string of the molecule is CCc1ccccc1N(CC(=O)N(Cc1ccc(Br)cc1)C(Cc1ccccc1)C(=O)NCC(C)C)S(=O)(=O)c1ccc(C)cc1. The van der Waals surface area contributed by atoms with E-state index in [1.807, 2.05) is 94.4 Å². The van der Waals surface area contributed by atoms with Gasteiger partial charge in [-0.2, -0.15) is 0 Å². The van der Waals surface area contributed by atoms with Gasteiger partial charge in [-0.05, 0) is 66.3 Å². The van der Waals surface area contributed by atoms with Gasteiger partial charge < -0.3 is 10.2 Å². The van der Waals surface area contributed by atoms with Crippen molar-refractivity contribution in [3.05, 3.63) is 130 Å². The van der Waals surface area contributed by atoms with Crippen molar-refractivity contribution in [2.24, 2.45) is 5.92 Å². The molecule has 0 aliphatic carbocycles. The highest BCUT2D eigenvalue weighted by molar-refractivity contribution is 9.10. The number of para-hydroxylation sites is 1. The molecule has 0 saturated carbocycles. The first-order valence-corrected chi connectivity index (χ1v) is 17.8. The Kier molecular flexibility index (Phi) is 12.2. The van der Waals surface area contributed by atoms with Crippen LogP contribution >= 0.6 is 15.9 Å². The standard InChI is InChI=1S/C37H42BrN3O4S/c1-5-31-13-9-10-14-34(31)41(46(44,45)33-21-15-28(4)16-22-33)26-36(42)40(25-30-17-19-32(38)20-18-30)35(37(43)39-24-27(2)3)23-29-11-7-6-8-12-29/h6-22,27,35H,5,23-26H2,1-4H3,(H,39,43). The quantitative estimate of drug-likeness (QED) is 0.154. The normalized spacial score (nSPS) is 12.0. The number of nitrogens with one attached hydrogen (secondary N) is 1. The monoisotopic (exact) mass is 703 g/mol. The minimum atomic E-state index is -4.16. The lowest BCUT2D eigenvalue weighted by Gasteiger charge is -2.34. The molecule has 0 aromatic heterocycles. The van der Waals surface area contributed by atoms with Gasteiger partial charge in [-0.25, -0.2) is 8.42 Å². The summed E-state index contributed by atoms with van der Waals surface area (Å²) in [4.78, 5) is 30.2. The summed E-state index contributed by atoms with van der Waals surface area (Å²) in [6.07, 6.45) is 0.838. The van der Waals surface area contributed by atoms with Crippen LogP contribution in [0.15, 0.2) is 112 Å². The van der Waals surface area contributed by atoms with Gasteiger partial charge in [0.25, 0.3) is 10.0 Å². The van der Waals surface area contributed by atoms with Crippen LogP contribution in [0.2, 0.25) is 0 Å². The summed E-state index contributed by atoms with van der Waals surface area (Å²) in [6, 6.07) is 30.1. The van der Waals surface area contributed by atoms with Gasteiger partial charge in [0.2, 0.25) is 11.8 Å². The van der Waals surface area contributed by atoms with Crippen LogP contribution in [0.5, 0.6) is 0 Å². The van der Waals surface area contributed by atoms with Crippen LogP contribution in [0.1, 0.15) is 43.0 Å². The summed E-state index contributed by atoms with van der Waals surface area (Å²) >= 11 is 3.47. The molecule has 0 spiro atoms. The summed E-state index contributed by atoms with van der Waals surface area (Å²) in [5, 5.41) is 3.03. The van der Waals surface area contributed by atoms with Crippen LogP contribution in [0.3, 0.4) is 0 Å². The van der Waals surface area contributed by atoms with Gasteiger partial charge in [0.15, 0.2) is 0 Å². The van der Waals surface area contributed by atoms with Crippen molar-refractivity contribution in [2.75, 3.05) is 17.4 Å². The minimum absolute atomic E-state index is 0.0896. The predicted octanol–water partition coefficient (Wildman–Crippen LogP) is 6.93. The average Bonchev–Trinajstić information content (AvgIpc) is 3.05. The zero-order valence-corrected chi connectivity index (χ0v) is 29.2. The maximum Gasteiger partial charge on any atom is 0.264 e. The maximum atomic E-state index is 14.6. The first kappa shape index (κ1) is 34.9. The van der Waals surface area contributed by atoms with Gasteiger partial charge in [0.05, 0.1) is 10.6 Å². The summed E-state index contributed by atoms with van der Waals surface area (Å²) in [5.74, 6) is -0.562. The van der Waals surface area contributed by atoms with Gasteiger partial charge in [0.1, 0.15) is 12.6 Å². The fourth-order valence-electron chi connectivity index (χ4n) is 5.17. The van der Waals surface area contributed by atoms with Gasteiger partial charge in [-0.3, -0.25) is 13.9 Å². The largest absolute Gasteiger partial charge is 0.354 e. The third-order valence-corrected chi connectivity index (χ3v) is 10.1. The van der Waals surface area contributed by atoms with E-state index in [1.165, 1.54) is 9.21 Å². The first-order chi connectivity index (χ1) is 22.0. The Morgan fingerprint density at radius 3 is 2.09 bits per heavy atom. The molecule has 0 bridgehead atoms. The van der Waals surface area contributed by atoms with E-state index in [9.17, 15) is 18.0 Å². The van der Waals surface area contributed by atoms with Crippen LogP contribution in [0, 0.1) is 12.8 Å². The van der Waals surface area contributed by atoms with E-state index in [4.69, 9.17) is 0 Å². The number of benzene rings is 4. The van der Waals surface area contributed by atoms with Crippen molar-refractivity contribution < 1.29 is 18.0 Å². The highest BCUT2D eigenvalue weighted by Crippen LogP contribution is 2.29. The number of rotatable bonds is 14. The molecular formula is C37H42BrN3O4S. The molecule has 9 heteroatoms. The van der Waals surface area contributed by atoms with E-state index in [1.54, 1.807) is 36.4 Å². The van der Waals surface area contributed by atoms with Crippen molar-refractivity contribution in [2.45, 2.75) is 58.0 Å². The molecule has 46 heavy (non-hydrogen) atoms. The molecule has 4 rings (SSSR count). The lowest BCUT2D eigenvalue weighted by molar-refractivity contribution is -0.140. The number of hydrogen-bond acceptors (Lipinski definition) is 4. The molecule has 0 fully saturated rings. The summed E-state index contributed by atoms with van der Waals surface area (Å²) in [6.45, 7) is 7.95. The summed E-state index contributed by atoms with van der Waals surface area (Å²) in [5.41, 5.74) is 3.86. The molecule has 1 N–H and O–H groups in total. The van der Waals surface area contributed by atoms with E-state index in [2.05, 4.69) is 21.2 Å². The van der Waals surface area contributed by atoms with Gasteiger partial charge >= 0.3 is 0 Å². The zero-order chi connectivity index (χ0) is 33.3. The Morgan fingerprint density at radius 1 is 0.826 bits per heavy atom. The number of halogens is 1. The smallest absolute Gasteiger partial charge is 0.264 e. The highest BCUT2D eigenvalue weighted by Gasteiger charge is 2.35. The molecular weight excluding hydrogens is 662 g/mol. The summed E-state index contributed by atoms with van der Waals surface area (Å²) < 4.78 is 30.7. The molecule has 0 heterocycles. The predicted molar refractivity (Wildman–Crippen MR) is 188 cm³/mol. The Bertz CT molecular complexity index is 1710. The number of aryl methyl sites for hydroxylation is 2. The fourth-order valence-corrected chi connectivity index (χ4v) is 6.88. The van der Waals surface area contributed by atoms with Crippen molar-refractivity contribution in [1.82, 2.24) is 10.2 Å². The van der Waals surface area contributed by atoms with Crippen LogP contribution in [-0.2, 0) is 39.0 Å². The van der Waals surface area contributed by atoms with Gasteiger partial charge in [-0.1, -0.05) is 115 Å². The minimum Gasteiger partial charge on any atom is -0.354 e. The number of amides is 2. The molecule has 1 atom stereocenters. The lowest BCUT2D eigenvalue weighted by atomic mass is 10.0. The molecule has 7 nitrogen and oxygen atoms in total. The van der Waals surface area contributed by atoms with Crippen molar-refractivity contribution in [1.29, 1.82) is 0 Å². The molecule has 0 aliphatic heterocycles. The molecule has 1 unspecified atom stereocenters. The fraction of sp³-hybridized carbons (Fsp3) is 0.297. The van der Waals surface area contributed by atoms with Gasteiger partial charge in [0, 0.05) is 24.0 Å². The van der Waals surface area contributed by atoms with Crippen LogP contribution in [0.25, 0.3) is 0 Å². The second-order valence-electron chi connectivity index (χ2n) is 11.8.